The van der Waals surface area contributed by atoms with Gasteiger partial charge < -0.3 is 9.47 Å². The fourth-order valence-corrected chi connectivity index (χ4v) is 2.73. The summed E-state index contributed by atoms with van der Waals surface area (Å²) in [4.78, 5) is 0.357. The Balaban J connectivity index is 1.89. The molecular weight excluding hydrogens is 328 g/mol. The minimum absolute atomic E-state index is 0.357. The molecule has 0 aliphatic heterocycles. The first-order valence-corrected chi connectivity index (χ1v) is 8.14. The first-order chi connectivity index (χ1) is 10.2. The summed E-state index contributed by atoms with van der Waals surface area (Å²) in [6, 6.07) is 16.6. The van der Waals surface area contributed by atoms with Crippen LogP contribution in [0.5, 0.6) is 11.5 Å². The van der Waals surface area contributed by atoms with Crippen LogP contribution < -0.4 is 9.47 Å². The lowest BCUT2D eigenvalue weighted by Crippen LogP contribution is -1.95. The van der Waals surface area contributed by atoms with Crippen LogP contribution in [0, 0.1) is 0 Å². The second-order valence-electron chi connectivity index (χ2n) is 4.86. The molecule has 1 unspecified atom stereocenters. The molecular formula is C18H21BrO2. The highest BCUT2D eigenvalue weighted by Gasteiger charge is 2.08. The Bertz CT molecular complexity index is 534. The van der Waals surface area contributed by atoms with Crippen molar-refractivity contribution >= 4 is 15.9 Å². The van der Waals surface area contributed by atoms with Crippen LogP contribution in [-0.2, 0) is 6.42 Å². The van der Waals surface area contributed by atoms with Gasteiger partial charge in [-0.25, -0.2) is 0 Å². The molecule has 0 aliphatic carbocycles. The van der Waals surface area contributed by atoms with E-state index in [-0.39, 0.29) is 0 Å². The molecule has 3 heteroatoms. The molecule has 0 fully saturated rings. The minimum atomic E-state index is 0.357. The van der Waals surface area contributed by atoms with Gasteiger partial charge in [0.1, 0.15) is 11.5 Å². The monoisotopic (exact) mass is 348 g/mol. The van der Waals surface area contributed by atoms with Gasteiger partial charge in [0.2, 0.25) is 0 Å². The lowest BCUT2D eigenvalue weighted by Gasteiger charge is -2.11. The number of rotatable bonds is 7. The quantitative estimate of drug-likeness (QED) is 0.643. The van der Waals surface area contributed by atoms with Crippen molar-refractivity contribution in [2.24, 2.45) is 0 Å². The first kappa shape index (κ1) is 15.9. The van der Waals surface area contributed by atoms with Gasteiger partial charge in [0.25, 0.3) is 0 Å². The van der Waals surface area contributed by atoms with Crippen molar-refractivity contribution in [2.75, 3.05) is 13.7 Å². The Morgan fingerprint density at radius 3 is 2.14 bits per heavy atom. The zero-order valence-electron chi connectivity index (χ0n) is 12.5. The van der Waals surface area contributed by atoms with Crippen molar-refractivity contribution in [2.45, 2.75) is 24.6 Å². The van der Waals surface area contributed by atoms with Crippen molar-refractivity contribution in [1.29, 1.82) is 0 Å². The van der Waals surface area contributed by atoms with E-state index in [1.165, 1.54) is 11.1 Å². The molecule has 0 heterocycles. The van der Waals surface area contributed by atoms with Crippen molar-refractivity contribution in [3.05, 3.63) is 59.7 Å². The summed E-state index contributed by atoms with van der Waals surface area (Å²) in [5, 5.41) is 0. The summed E-state index contributed by atoms with van der Waals surface area (Å²) in [7, 11) is 1.69. The maximum absolute atomic E-state index is 5.46. The fraction of sp³-hybridized carbons (Fsp3) is 0.333. The van der Waals surface area contributed by atoms with Gasteiger partial charge in [-0.2, -0.15) is 0 Å². The van der Waals surface area contributed by atoms with Crippen molar-refractivity contribution in [3.8, 4) is 11.5 Å². The van der Waals surface area contributed by atoms with Gasteiger partial charge in [0.15, 0.2) is 0 Å². The first-order valence-electron chi connectivity index (χ1n) is 7.22. The Kier molecular flexibility index (Phi) is 6.12. The Hall–Kier alpha value is -1.48. The Morgan fingerprint density at radius 2 is 1.57 bits per heavy atom. The van der Waals surface area contributed by atoms with Crippen LogP contribution in [-0.4, -0.2) is 13.7 Å². The number of ether oxygens (including phenoxy) is 2. The second-order valence-corrected chi connectivity index (χ2v) is 5.96. The predicted molar refractivity (Wildman–Crippen MR) is 90.6 cm³/mol. The van der Waals surface area contributed by atoms with Gasteiger partial charge in [0.05, 0.1) is 13.7 Å². The van der Waals surface area contributed by atoms with E-state index in [0.29, 0.717) is 11.4 Å². The number of hydrogen-bond donors (Lipinski definition) is 0. The highest BCUT2D eigenvalue weighted by molar-refractivity contribution is 9.09. The molecule has 2 rings (SSSR count). The molecule has 2 nitrogen and oxygen atoms in total. The third-order valence-corrected chi connectivity index (χ3v) is 4.38. The predicted octanol–water partition coefficient (Wildman–Crippen LogP) is 5.16. The molecule has 1 atom stereocenters. The van der Waals surface area contributed by atoms with Gasteiger partial charge in [-0.3, -0.25) is 0 Å². The number of benzene rings is 2. The third-order valence-electron chi connectivity index (χ3n) is 3.40. The highest BCUT2D eigenvalue weighted by Crippen LogP contribution is 2.29. The molecule has 0 amide bonds. The second kappa shape index (κ2) is 8.08. The smallest absolute Gasteiger partial charge is 0.119 e. The highest BCUT2D eigenvalue weighted by atomic mass is 79.9. The standard InChI is InChI=1S/C18H21BrO2/c1-3-21-17-11-7-15(8-12-17)18(19)13-6-14-4-9-16(20-2)10-5-14/h4-5,7-12,18H,3,6,13H2,1-2H3. The molecule has 2 aromatic carbocycles. The van der Waals surface area contributed by atoms with E-state index in [0.717, 1.165) is 24.3 Å². The lowest BCUT2D eigenvalue weighted by atomic mass is 10.0. The van der Waals surface area contributed by atoms with Crippen LogP contribution in [0.1, 0.15) is 29.3 Å². The SMILES string of the molecule is CCOc1ccc(C(Br)CCc2ccc(OC)cc2)cc1. The van der Waals surface area contributed by atoms with Gasteiger partial charge in [-0.15, -0.1) is 0 Å². The number of halogens is 1. The van der Waals surface area contributed by atoms with Crippen molar-refractivity contribution in [3.63, 3.8) is 0 Å². The van der Waals surface area contributed by atoms with Gasteiger partial charge in [-0.05, 0) is 55.2 Å². The van der Waals surface area contributed by atoms with Crippen LogP contribution in [0.25, 0.3) is 0 Å². The van der Waals surface area contributed by atoms with E-state index in [1.54, 1.807) is 7.11 Å². The van der Waals surface area contributed by atoms with Gasteiger partial charge in [-0.1, -0.05) is 40.2 Å². The van der Waals surface area contributed by atoms with Gasteiger partial charge in [0, 0.05) is 4.83 Å². The molecule has 0 spiro atoms. The molecule has 0 aliphatic rings. The molecule has 0 radical (unpaired) electrons. The Labute approximate surface area is 135 Å². The summed E-state index contributed by atoms with van der Waals surface area (Å²) in [6.07, 6.45) is 2.09. The van der Waals surface area contributed by atoms with E-state index in [9.17, 15) is 0 Å². The summed E-state index contributed by atoms with van der Waals surface area (Å²) in [5.41, 5.74) is 2.61. The van der Waals surface area contributed by atoms with E-state index in [1.807, 2.05) is 31.2 Å². The van der Waals surface area contributed by atoms with Crippen molar-refractivity contribution < 1.29 is 9.47 Å². The van der Waals surface area contributed by atoms with Crippen LogP contribution >= 0.6 is 15.9 Å². The largest absolute Gasteiger partial charge is 0.497 e. The zero-order valence-corrected chi connectivity index (χ0v) is 14.1. The average Bonchev–Trinajstić information content (AvgIpc) is 2.54. The topological polar surface area (TPSA) is 18.5 Å². The molecule has 2 aromatic rings. The molecule has 0 saturated heterocycles. The number of alkyl halides is 1. The maximum Gasteiger partial charge on any atom is 0.119 e. The van der Waals surface area contributed by atoms with Crippen LogP contribution in [0.3, 0.4) is 0 Å². The van der Waals surface area contributed by atoms with E-state index < -0.39 is 0 Å². The van der Waals surface area contributed by atoms with Crippen LogP contribution in [0.4, 0.5) is 0 Å². The summed E-state index contributed by atoms with van der Waals surface area (Å²) in [5.74, 6) is 1.83. The zero-order chi connectivity index (χ0) is 15.1. The molecule has 0 saturated carbocycles. The Morgan fingerprint density at radius 1 is 0.952 bits per heavy atom. The molecule has 112 valence electrons. The number of methoxy groups -OCH3 is 1. The summed E-state index contributed by atoms with van der Waals surface area (Å²) in [6.45, 7) is 2.70. The van der Waals surface area contributed by atoms with E-state index >= 15 is 0 Å². The number of aryl methyl sites for hydroxylation is 1. The lowest BCUT2D eigenvalue weighted by molar-refractivity contribution is 0.340. The van der Waals surface area contributed by atoms with Crippen LogP contribution in [0.2, 0.25) is 0 Å². The minimum Gasteiger partial charge on any atom is -0.497 e. The van der Waals surface area contributed by atoms with Crippen molar-refractivity contribution in [1.82, 2.24) is 0 Å². The third kappa shape index (κ3) is 4.78. The maximum atomic E-state index is 5.46. The molecule has 0 bridgehead atoms. The molecule has 21 heavy (non-hydrogen) atoms. The molecule has 0 aromatic heterocycles. The normalized spacial score (nSPS) is 12.0. The number of hydrogen-bond acceptors (Lipinski definition) is 2. The van der Waals surface area contributed by atoms with E-state index in [2.05, 4.69) is 40.2 Å². The summed E-state index contributed by atoms with van der Waals surface area (Å²) >= 11 is 3.77. The van der Waals surface area contributed by atoms with Gasteiger partial charge >= 0.3 is 0 Å². The average molecular weight is 349 g/mol. The van der Waals surface area contributed by atoms with E-state index in [4.69, 9.17) is 9.47 Å². The summed E-state index contributed by atoms with van der Waals surface area (Å²) < 4.78 is 10.6. The molecule has 0 N–H and O–H groups in total. The fourth-order valence-electron chi connectivity index (χ4n) is 2.19. The van der Waals surface area contributed by atoms with Crippen LogP contribution in [0.15, 0.2) is 48.5 Å².